The number of hydrogen-bond donors (Lipinski definition) is 1. The molecule has 0 radical (unpaired) electrons. The second-order valence-electron chi connectivity index (χ2n) is 5.01. The minimum atomic E-state index is -0.464. The fourth-order valence-electron chi connectivity index (χ4n) is 2.18. The van der Waals surface area contributed by atoms with Gasteiger partial charge in [-0.2, -0.15) is 0 Å². The maximum absolute atomic E-state index is 9.68. The molecule has 104 valence electrons. The van der Waals surface area contributed by atoms with E-state index in [2.05, 4.69) is 24.2 Å². The first-order chi connectivity index (χ1) is 9.08. The van der Waals surface area contributed by atoms with Crippen LogP contribution >= 0.6 is 0 Å². The van der Waals surface area contributed by atoms with Crippen molar-refractivity contribution in [2.75, 3.05) is 27.3 Å². The molecule has 0 spiro atoms. The highest BCUT2D eigenvalue weighted by molar-refractivity contribution is 5.41. The standard InChI is InChI=1S/C14H21N3O2/c1-11-4-5-14-15-12(8-17(14)6-11)7-16(2)9-13(18)10-19-3/h4-6,8,13,18H,7,9-10H2,1-3H3. The Labute approximate surface area is 113 Å². The van der Waals surface area contributed by atoms with Crippen molar-refractivity contribution in [1.82, 2.24) is 14.3 Å². The van der Waals surface area contributed by atoms with E-state index in [4.69, 9.17) is 4.74 Å². The van der Waals surface area contributed by atoms with Gasteiger partial charge in [-0.3, -0.25) is 4.90 Å². The van der Waals surface area contributed by atoms with Crippen LogP contribution in [0.1, 0.15) is 11.3 Å². The highest BCUT2D eigenvalue weighted by Crippen LogP contribution is 2.09. The average molecular weight is 263 g/mol. The molecule has 19 heavy (non-hydrogen) atoms. The number of fused-ring (bicyclic) bond motifs is 1. The lowest BCUT2D eigenvalue weighted by molar-refractivity contribution is 0.0417. The number of pyridine rings is 1. The molecule has 5 nitrogen and oxygen atoms in total. The molecule has 1 unspecified atom stereocenters. The van der Waals surface area contributed by atoms with Gasteiger partial charge in [0.2, 0.25) is 0 Å². The summed E-state index contributed by atoms with van der Waals surface area (Å²) in [6.45, 7) is 3.70. The Morgan fingerprint density at radius 1 is 1.42 bits per heavy atom. The average Bonchev–Trinajstić information content (AvgIpc) is 2.70. The van der Waals surface area contributed by atoms with Gasteiger partial charge >= 0.3 is 0 Å². The van der Waals surface area contributed by atoms with Gasteiger partial charge in [-0.05, 0) is 25.6 Å². The van der Waals surface area contributed by atoms with Crippen LogP contribution in [-0.4, -0.2) is 52.8 Å². The van der Waals surface area contributed by atoms with Gasteiger partial charge in [-0.25, -0.2) is 4.98 Å². The molecule has 0 aliphatic rings. The van der Waals surface area contributed by atoms with Crippen LogP contribution in [0.25, 0.3) is 5.65 Å². The van der Waals surface area contributed by atoms with Crippen LogP contribution in [0.2, 0.25) is 0 Å². The van der Waals surface area contributed by atoms with Crippen molar-refractivity contribution in [3.05, 3.63) is 35.8 Å². The molecule has 1 atom stereocenters. The summed E-state index contributed by atoms with van der Waals surface area (Å²) in [6.07, 6.45) is 3.63. The lowest BCUT2D eigenvalue weighted by Crippen LogP contribution is -2.31. The molecular formula is C14H21N3O2. The molecule has 2 aromatic heterocycles. The Hall–Kier alpha value is -1.43. The topological polar surface area (TPSA) is 50.0 Å². The molecule has 0 aliphatic carbocycles. The molecule has 0 saturated heterocycles. The van der Waals surface area contributed by atoms with Crippen molar-refractivity contribution < 1.29 is 9.84 Å². The van der Waals surface area contributed by atoms with E-state index in [1.165, 1.54) is 5.56 Å². The van der Waals surface area contributed by atoms with Crippen LogP contribution in [-0.2, 0) is 11.3 Å². The van der Waals surface area contributed by atoms with Crippen molar-refractivity contribution in [2.45, 2.75) is 19.6 Å². The third kappa shape index (κ3) is 3.76. The fraction of sp³-hybridized carbons (Fsp3) is 0.500. The molecule has 0 saturated carbocycles. The number of hydrogen-bond acceptors (Lipinski definition) is 4. The Morgan fingerprint density at radius 3 is 2.95 bits per heavy atom. The number of ether oxygens (including phenoxy) is 1. The first-order valence-corrected chi connectivity index (χ1v) is 6.38. The Morgan fingerprint density at radius 2 is 2.21 bits per heavy atom. The second kappa shape index (κ2) is 6.14. The Bertz CT molecular complexity index is 538. The van der Waals surface area contributed by atoms with E-state index < -0.39 is 6.10 Å². The molecule has 0 aliphatic heterocycles. The van der Waals surface area contributed by atoms with Crippen molar-refractivity contribution in [3.63, 3.8) is 0 Å². The maximum Gasteiger partial charge on any atom is 0.137 e. The van der Waals surface area contributed by atoms with E-state index >= 15 is 0 Å². The predicted molar refractivity (Wildman–Crippen MR) is 74.1 cm³/mol. The monoisotopic (exact) mass is 263 g/mol. The normalized spacial score (nSPS) is 13.3. The molecule has 2 heterocycles. The van der Waals surface area contributed by atoms with Gasteiger partial charge in [-0.15, -0.1) is 0 Å². The van der Waals surface area contributed by atoms with Crippen molar-refractivity contribution in [3.8, 4) is 0 Å². The summed E-state index contributed by atoms with van der Waals surface area (Å²) in [5.74, 6) is 0. The number of methoxy groups -OCH3 is 1. The summed E-state index contributed by atoms with van der Waals surface area (Å²) in [7, 11) is 3.56. The molecule has 0 bridgehead atoms. The molecule has 2 aromatic rings. The molecule has 0 amide bonds. The molecule has 1 N–H and O–H groups in total. The predicted octanol–water partition coefficient (Wildman–Crippen LogP) is 1.08. The first kappa shape index (κ1) is 14.0. The lowest BCUT2D eigenvalue weighted by Gasteiger charge is -2.18. The summed E-state index contributed by atoms with van der Waals surface area (Å²) in [5, 5.41) is 9.68. The molecule has 5 heteroatoms. The van der Waals surface area contributed by atoms with Gasteiger partial charge in [0.1, 0.15) is 5.65 Å². The maximum atomic E-state index is 9.68. The summed E-state index contributed by atoms with van der Waals surface area (Å²) in [5.41, 5.74) is 3.16. The van der Waals surface area contributed by atoms with E-state index in [-0.39, 0.29) is 0 Å². The summed E-state index contributed by atoms with van der Waals surface area (Å²) < 4.78 is 6.95. The molecular weight excluding hydrogens is 242 g/mol. The van der Waals surface area contributed by atoms with Gasteiger partial charge in [0.15, 0.2) is 0 Å². The van der Waals surface area contributed by atoms with E-state index in [1.807, 2.05) is 28.6 Å². The second-order valence-corrected chi connectivity index (χ2v) is 5.01. The Balaban J connectivity index is 2.00. The number of aliphatic hydroxyl groups excluding tert-OH is 1. The number of likely N-dealkylation sites (N-methyl/N-ethyl adjacent to an activating group) is 1. The van der Waals surface area contributed by atoms with Crippen molar-refractivity contribution in [2.24, 2.45) is 0 Å². The number of aromatic nitrogens is 2. The molecule has 0 aromatic carbocycles. The fourth-order valence-corrected chi connectivity index (χ4v) is 2.18. The van der Waals surface area contributed by atoms with Crippen LogP contribution in [0.4, 0.5) is 0 Å². The number of imidazole rings is 1. The third-order valence-electron chi connectivity index (χ3n) is 2.96. The minimum absolute atomic E-state index is 0.356. The highest BCUT2D eigenvalue weighted by atomic mass is 16.5. The lowest BCUT2D eigenvalue weighted by atomic mass is 10.3. The van der Waals surface area contributed by atoms with Gasteiger partial charge in [0, 0.05) is 32.6 Å². The zero-order chi connectivity index (χ0) is 13.8. The van der Waals surface area contributed by atoms with Gasteiger partial charge in [0.25, 0.3) is 0 Å². The van der Waals surface area contributed by atoms with Crippen LogP contribution in [0, 0.1) is 6.92 Å². The minimum Gasteiger partial charge on any atom is -0.389 e. The summed E-state index contributed by atoms with van der Waals surface area (Å²) >= 11 is 0. The molecule has 2 rings (SSSR count). The van der Waals surface area contributed by atoms with Gasteiger partial charge < -0.3 is 14.2 Å². The number of nitrogens with zero attached hydrogens (tertiary/aromatic N) is 3. The van der Waals surface area contributed by atoms with E-state index in [0.29, 0.717) is 19.7 Å². The van der Waals surface area contributed by atoms with Gasteiger partial charge in [0.05, 0.1) is 18.4 Å². The number of rotatable bonds is 6. The van der Waals surface area contributed by atoms with Crippen LogP contribution in [0.3, 0.4) is 0 Å². The van der Waals surface area contributed by atoms with E-state index in [9.17, 15) is 5.11 Å². The number of aryl methyl sites for hydroxylation is 1. The largest absolute Gasteiger partial charge is 0.389 e. The van der Waals surface area contributed by atoms with Crippen molar-refractivity contribution in [1.29, 1.82) is 0 Å². The summed E-state index contributed by atoms with van der Waals surface area (Å²) in [6, 6.07) is 4.07. The molecule has 0 fully saturated rings. The SMILES string of the molecule is COCC(O)CN(C)Cc1cn2cc(C)ccc2n1. The number of aliphatic hydroxyl groups is 1. The van der Waals surface area contributed by atoms with Crippen molar-refractivity contribution >= 4 is 5.65 Å². The third-order valence-corrected chi connectivity index (χ3v) is 2.96. The zero-order valence-corrected chi connectivity index (χ0v) is 11.7. The summed E-state index contributed by atoms with van der Waals surface area (Å²) in [4.78, 5) is 6.60. The van der Waals surface area contributed by atoms with Crippen LogP contribution in [0.15, 0.2) is 24.5 Å². The van der Waals surface area contributed by atoms with Crippen LogP contribution in [0.5, 0.6) is 0 Å². The van der Waals surface area contributed by atoms with E-state index in [0.717, 1.165) is 11.3 Å². The smallest absolute Gasteiger partial charge is 0.137 e. The van der Waals surface area contributed by atoms with E-state index in [1.54, 1.807) is 7.11 Å². The Kier molecular flexibility index (Phi) is 4.52. The first-order valence-electron chi connectivity index (χ1n) is 6.38. The van der Waals surface area contributed by atoms with Gasteiger partial charge in [-0.1, -0.05) is 6.07 Å². The highest BCUT2D eigenvalue weighted by Gasteiger charge is 2.10. The zero-order valence-electron chi connectivity index (χ0n) is 11.7. The van der Waals surface area contributed by atoms with Crippen LogP contribution < -0.4 is 0 Å². The quantitative estimate of drug-likeness (QED) is 0.847.